The minimum Gasteiger partial charge on any atom is -0.497 e. The minimum atomic E-state index is -0.229. The van der Waals surface area contributed by atoms with E-state index >= 15 is 0 Å². The summed E-state index contributed by atoms with van der Waals surface area (Å²) in [7, 11) is 3.47. The van der Waals surface area contributed by atoms with Crippen LogP contribution in [0.15, 0.2) is 53.7 Å². The number of hydrogen-bond donors (Lipinski definition) is 3. The van der Waals surface area contributed by atoms with Gasteiger partial charge in [0.15, 0.2) is 5.96 Å². The first kappa shape index (κ1) is 25.3. The van der Waals surface area contributed by atoms with Crippen molar-refractivity contribution in [2.24, 2.45) is 4.99 Å². The summed E-state index contributed by atoms with van der Waals surface area (Å²) in [6.45, 7) is 3.00. The van der Waals surface area contributed by atoms with Crippen LogP contribution in [0, 0.1) is 5.82 Å². The molecule has 0 radical (unpaired) electrons. The fraction of sp³-hybridized carbons (Fsp3) is 0.400. The van der Waals surface area contributed by atoms with Crippen LogP contribution in [0.1, 0.15) is 24.0 Å². The molecule has 0 aliphatic carbocycles. The Bertz CT molecular complexity index is 1060. The molecule has 1 aliphatic rings. The Morgan fingerprint density at radius 2 is 1.91 bits per heavy atom. The van der Waals surface area contributed by atoms with Crippen LogP contribution < -0.4 is 15.4 Å². The smallest absolute Gasteiger partial charge is 0.191 e. The number of benzene rings is 2. The Labute approximate surface area is 211 Å². The number of rotatable bonds is 7. The molecule has 0 unspecified atom stereocenters. The maximum Gasteiger partial charge on any atom is 0.191 e. The molecule has 0 amide bonds. The Balaban J connectivity index is 0.00000306. The topological polar surface area (TPSA) is 70.7 Å². The van der Waals surface area contributed by atoms with Crippen LogP contribution in [0.2, 0.25) is 0 Å². The van der Waals surface area contributed by atoms with Gasteiger partial charge in [0.2, 0.25) is 0 Å². The average Bonchev–Trinajstić information content (AvgIpc) is 3.23. The molecule has 0 atom stereocenters. The number of aromatic nitrogens is 1. The maximum atomic E-state index is 13.4. The zero-order chi connectivity index (χ0) is 22.4. The number of hydrogen-bond acceptors (Lipinski definition) is 3. The number of aromatic amines is 1. The standard InChI is InChI=1S/C25H31FN4O2.HI/c1-27-24(28-12-9-18-16-29-23-15-20(26)5-8-22(18)23)30-17-25(10-13-32-14-11-25)19-3-6-21(31-2)7-4-19;/h3-8,15-16,29H,9-14,17H2,1-2H3,(H2,27,28,30);1H. The average molecular weight is 566 g/mol. The molecule has 2 aromatic carbocycles. The number of nitrogens with zero attached hydrogens (tertiary/aromatic N) is 1. The van der Waals surface area contributed by atoms with Crippen molar-refractivity contribution in [3.8, 4) is 5.75 Å². The lowest BCUT2D eigenvalue weighted by Crippen LogP contribution is -2.48. The fourth-order valence-corrected chi connectivity index (χ4v) is 4.43. The van der Waals surface area contributed by atoms with Gasteiger partial charge in [0.05, 0.1) is 7.11 Å². The fourth-order valence-electron chi connectivity index (χ4n) is 4.43. The summed E-state index contributed by atoms with van der Waals surface area (Å²) in [5.41, 5.74) is 3.25. The monoisotopic (exact) mass is 566 g/mol. The predicted octanol–water partition coefficient (Wildman–Crippen LogP) is 4.39. The third-order valence-electron chi connectivity index (χ3n) is 6.39. The van der Waals surface area contributed by atoms with Crippen molar-refractivity contribution in [1.29, 1.82) is 0 Å². The van der Waals surface area contributed by atoms with Crippen LogP contribution in [0.25, 0.3) is 10.9 Å². The van der Waals surface area contributed by atoms with E-state index in [0.29, 0.717) is 0 Å². The second-order valence-electron chi connectivity index (χ2n) is 8.23. The maximum absolute atomic E-state index is 13.4. The van der Waals surface area contributed by atoms with E-state index in [1.54, 1.807) is 14.2 Å². The summed E-state index contributed by atoms with van der Waals surface area (Å²) in [5, 5.41) is 7.99. The van der Waals surface area contributed by atoms with Crippen LogP contribution in [0.5, 0.6) is 5.75 Å². The van der Waals surface area contributed by atoms with Gasteiger partial charge in [0, 0.05) is 55.9 Å². The molecule has 1 saturated heterocycles. The van der Waals surface area contributed by atoms with Crippen LogP contribution in [-0.2, 0) is 16.6 Å². The molecule has 6 nitrogen and oxygen atoms in total. The number of methoxy groups -OCH3 is 1. The molecule has 3 N–H and O–H groups in total. The van der Waals surface area contributed by atoms with Gasteiger partial charge in [-0.3, -0.25) is 4.99 Å². The summed E-state index contributed by atoms with van der Waals surface area (Å²) in [6.07, 6.45) is 4.66. The van der Waals surface area contributed by atoms with E-state index in [0.717, 1.165) is 73.7 Å². The van der Waals surface area contributed by atoms with Crippen molar-refractivity contribution >= 4 is 40.8 Å². The number of guanidine groups is 1. The highest BCUT2D eigenvalue weighted by atomic mass is 127. The van der Waals surface area contributed by atoms with Gasteiger partial charge >= 0.3 is 0 Å². The SMILES string of the molecule is CN=C(NCCc1c[nH]c2cc(F)ccc12)NCC1(c2ccc(OC)cc2)CCOCC1.I. The molecule has 0 saturated carbocycles. The lowest BCUT2D eigenvalue weighted by Gasteiger charge is -2.38. The zero-order valence-corrected chi connectivity index (χ0v) is 21.4. The van der Waals surface area contributed by atoms with E-state index in [-0.39, 0.29) is 35.2 Å². The Kier molecular flexibility index (Phi) is 8.96. The summed E-state index contributed by atoms with van der Waals surface area (Å²) in [5.74, 6) is 1.41. The van der Waals surface area contributed by atoms with Crippen LogP contribution in [0.4, 0.5) is 4.39 Å². The molecule has 3 aromatic rings. The van der Waals surface area contributed by atoms with E-state index in [1.807, 2.05) is 24.4 Å². The van der Waals surface area contributed by atoms with E-state index in [1.165, 1.54) is 17.7 Å². The second-order valence-corrected chi connectivity index (χ2v) is 8.23. The molecule has 8 heteroatoms. The van der Waals surface area contributed by atoms with Gasteiger partial charge in [-0.15, -0.1) is 24.0 Å². The molecule has 0 bridgehead atoms. The third kappa shape index (κ3) is 5.97. The van der Waals surface area contributed by atoms with Crippen molar-refractivity contribution in [3.63, 3.8) is 0 Å². The van der Waals surface area contributed by atoms with Crippen molar-refractivity contribution in [3.05, 3.63) is 65.6 Å². The van der Waals surface area contributed by atoms with Crippen LogP contribution in [0.3, 0.4) is 0 Å². The molecular weight excluding hydrogens is 534 g/mol. The Hall–Kier alpha value is -2.33. The molecule has 2 heterocycles. The number of halogens is 2. The zero-order valence-electron chi connectivity index (χ0n) is 19.1. The van der Waals surface area contributed by atoms with E-state index in [2.05, 4.69) is 32.7 Å². The highest BCUT2D eigenvalue weighted by molar-refractivity contribution is 14.0. The highest BCUT2D eigenvalue weighted by Crippen LogP contribution is 2.35. The third-order valence-corrected chi connectivity index (χ3v) is 6.39. The van der Waals surface area contributed by atoms with E-state index < -0.39 is 0 Å². The second kappa shape index (κ2) is 11.7. The van der Waals surface area contributed by atoms with Crippen LogP contribution in [-0.4, -0.2) is 51.4 Å². The van der Waals surface area contributed by atoms with Gasteiger partial charge in [-0.2, -0.15) is 0 Å². The van der Waals surface area contributed by atoms with E-state index in [4.69, 9.17) is 9.47 Å². The Morgan fingerprint density at radius 1 is 1.15 bits per heavy atom. The van der Waals surface area contributed by atoms with Gasteiger partial charge < -0.3 is 25.1 Å². The number of ether oxygens (including phenoxy) is 2. The molecule has 1 aromatic heterocycles. The Morgan fingerprint density at radius 3 is 2.61 bits per heavy atom. The van der Waals surface area contributed by atoms with Crippen molar-refractivity contribution in [1.82, 2.24) is 15.6 Å². The highest BCUT2D eigenvalue weighted by Gasteiger charge is 2.34. The van der Waals surface area contributed by atoms with Gasteiger partial charge in [-0.1, -0.05) is 12.1 Å². The minimum absolute atomic E-state index is 0. The molecule has 4 rings (SSSR count). The van der Waals surface area contributed by atoms with Crippen molar-refractivity contribution in [2.75, 3.05) is 40.5 Å². The van der Waals surface area contributed by atoms with Crippen molar-refractivity contribution in [2.45, 2.75) is 24.7 Å². The summed E-state index contributed by atoms with van der Waals surface area (Å²) in [6, 6.07) is 13.2. The largest absolute Gasteiger partial charge is 0.497 e. The molecular formula is C25H32FIN4O2. The first-order valence-electron chi connectivity index (χ1n) is 11.1. The lowest BCUT2D eigenvalue weighted by atomic mass is 9.74. The quantitative estimate of drug-likeness (QED) is 0.226. The van der Waals surface area contributed by atoms with Crippen LogP contribution >= 0.6 is 24.0 Å². The summed E-state index contributed by atoms with van der Waals surface area (Å²) >= 11 is 0. The first-order valence-corrected chi connectivity index (χ1v) is 11.1. The molecule has 178 valence electrons. The normalized spacial score (nSPS) is 15.7. The number of aliphatic imine (C=N–C) groups is 1. The van der Waals surface area contributed by atoms with E-state index in [9.17, 15) is 4.39 Å². The molecule has 0 spiro atoms. The van der Waals surface area contributed by atoms with Gasteiger partial charge in [0.1, 0.15) is 11.6 Å². The lowest BCUT2D eigenvalue weighted by molar-refractivity contribution is 0.0513. The van der Waals surface area contributed by atoms with Gasteiger partial charge in [-0.05, 0) is 60.7 Å². The van der Waals surface area contributed by atoms with Crippen molar-refractivity contribution < 1.29 is 13.9 Å². The van der Waals surface area contributed by atoms with Gasteiger partial charge in [0.25, 0.3) is 0 Å². The van der Waals surface area contributed by atoms with Gasteiger partial charge in [-0.25, -0.2) is 4.39 Å². The first-order chi connectivity index (χ1) is 15.6. The molecule has 1 fully saturated rings. The summed E-state index contributed by atoms with van der Waals surface area (Å²) in [4.78, 5) is 7.55. The number of H-pyrrole nitrogens is 1. The predicted molar refractivity (Wildman–Crippen MR) is 141 cm³/mol. The number of fused-ring (bicyclic) bond motifs is 1. The molecule has 33 heavy (non-hydrogen) atoms. The number of nitrogens with one attached hydrogen (secondary N) is 3. The summed E-state index contributed by atoms with van der Waals surface area (Å²) < 4.78 is 24.4. The molecule has 1 aliphatic heterocycles.